The van der Waals surface area contributed by atoms with Crippen molar-refractivity contribution in [2.24, 2.45) is 16.7 Å². The zero-order valence-electron chi connectivity index (χ0n) is 30.3. The van der Waals surface area contributed by atoms with Crippen molar-refractivity contribution < 1.29 is 29.5 Å². The smallest absolute Gasteiger partial charge is 0.312 e. The van der Waals surface area contributed by atoms with Gasteiger partial charge in [-0.25, -0.2) is 0 Å². The molecule has 0 aliphatic carbocycles. The first kappa shape index (κ1) is 38.1. The van der Waals surface area contributed by atoms with Gasteiger partial charge in [0.2, 0.25) is 0 Å². The molecule has 10 heteroatoms. The molecule has 3 aromatic carbocycles. The molecular weight excluding hydrogens is 646 g/mol. The van der Waals surface area contributed by atoms with Gasteiger partial charge in [0.15, 0.2) is 0 Å². The molecule has 5 rings (SSSR count). The number of non-ortho nitro benzene ring substituents is 1. The second kappa shape index (κ2) is 16.0. The van der Waals surface area contributed by atoms with E-state index in [0.717, 1.165) is 38.9 Å². The number of hydrogen-bond donors (Lipinski definition) is 3. The highest BCUT2D eigenvalue weighted by Crippen LogP contribution is 2.60. The monoisotopic (exact) mass is 699 g/mol. The van der Waals surface area contributed by atoms with Crippen molar-refractivity contribution in [3.05, 3.63) is 112 Å². The summed E-state index contributed by atoms with van der Waals surface area (Å²) in [6, 6.07) is 26.2. The van der Waals surface area contributed by atoms with Crippen LogP contribution in [-0.2, 0) is 19.7 Å². The lowest BCUT2D eigenvalue weighted by Gasteiger charge is -2.59. The summed E-state index contributed by atoms with van der Waals surface area (Å²) in [5.74, 6) is -3.76. The maximum Gasteiger partial charge on any atom is 0.312 e. The zero-order valence-corrected chi connectivity index (χ0v) is 30.3. The molecule has 0 bridgehead atoms. The number of carboxylic acids is 2. The van der Waals surface area contributed by atoms with Gasteiger partial charge in [0.25, 0.3) is 5.69 Å². The predicted molar refractivity (Wildman–Crippen MR) is 197 cm³/mol. The summed E-state index contributed by atoms with van der Waals surface area (Å²) < 4.78 is 6.07. The van der Waals surface area contributed by atoms with Gasteiger partial charge in [-0.15, -0.1) is 0 Å². The molecule has 0 radical (unpaired) electrons. The molecule has 0 aromatic heterocycles. The van der Waals surface area contributed by atoms with Crippen molar-refractivity contribution in [3.63, 3.8) is 0 Å². The van der Waals surface area contributed by atoms with Gasteiger partial charge in [-0.05, 0) is 81.6 Å². The number of nitrogens with one attached hydrogen (secondary N) is 1. The number of nitro benzene ring substituents is 1. The van der Waals surface area contributed by atoms with E-state index >= 15 is 0 Å². The van der Waals surface area contributed by atoms with Crippen LogP contribution in [0.3, 0.4) is 0 Å². The minimum Gasteiger partial charge on any atom is -0.481 e. The van der Waals surface area contributed by atoms with E-state index < -0.39 is 51.6 Å². The van der Waals surface area contributed by atoms with Gasteiger partial charge < -0.3 is 25.2 Å². The fourth-order valence-corrected chi connectivity index (χ4v) is 9.52. The highest BCUT2D eigenvalue weighted by Gasteiger charge is 2.67. The first-order valence-electron chi connectivity index (χ1n) is 18.3. The van der Waals surface area contributed by atoms with E-state index in [1.807, 2.05) is 0 Å². The van der Waals surface area contributed by atoms with Crippen LogP contribution in [0.2, 0.25) is 0 Å². The van der Waals surface area contributed by atoms with Gasteiger partial charge in [-0.2, -0.15) is 0 Å². The zero-order chi connectivity index (χ0) is 36.8. The Kier molecular flexibility index (Phi) is 12.0. The molecule has 3 aromatic rings. The van der Waals surface area contributed by atoms with Crippen molar-refractivity contribution >= 4 is 17.6 Å². The average Bonchev–Trinajstić information content (AvgIpc) is 3.12. The number of carbonyl (C=O) groups is 2. The van der Waals surface area contributed by atoms with E-state index in [2.05, 4.69) is 70.9 Å². The Balaban J connectivity index is 1.24. The number of hydrogen-bond acceptors (Lipinski definition) is 7. The van der Waals surface area contributed by atoms with Crippen LogP contribution in [-0.4, -0.2) is 76.9 Å². The van der Waals surface area contributed by atoms with Crippen LogP contribution in [0.15, 0.2) is 84.9 Å². The molecule has 2 aliphatic heterocycles. The van der Waals surface area contributed by atoms with Gasteiger partial charge in [0.1, 0.15) is 0 Å². The molecule has 3 N–H and O–H groups in total. The number of carboxylic acid groups (broad SMARTS) is 2. The highest BCUT2D eigenvalue weighted by molar-refractivity contribution is 5.84. The fourth-order valence-electron chi connectivity index (χ4n) is 9.52. The largest absolute Gasteiger partial charge is 0.481 e. The van der Waals surface area contributed by atoms with E-state index in [-0.39, 0.29) is 17.5 Å². The number of benzene rings is 3. The topological polar surface area (TPSA) is 142 Å². The Morgan fingerprint density at radius 1 is 0.882 bits per heavy atom. The number of piperidine rings is 2. The second-order valence-corrected chi connectivity index (χ2v) is 14.9. The Morgan fingerprint density at radius 3 is 2.00 bits per heavy atom. The van der Waals surface area contributed by atoms with Crippen molar-refractivity contribution in [1.29, 1.82) is 0 Å². The summed E-state index contributed by atoms with van der Waals surface area (Å²) in [6.07, 6.45) is 3.45. The van der Waals surface area contributed by atoms with Gasteiger partial charge in [0.05, 0.1) is 15.8 Å². The number of nitrogens with zero attached hydrogens (tertiary/aromatic N) is 2. The second-order valence-electron chi connectivity index (χ2n) is 14.9. The van der Waals surface area contributed by atoms with Crippen LogP contribution in [0.1, 0.15) is 82.4 Å². The normalized spacial score (nSPS) is 26.5. The van der Waals surface area contributed by atoms with E-state index in [0.29, 0.717) is 25.2 Å². The van der Waals surface area contributed by atoms with Crippen molar-refractivity contribution in [3.8, 4) is 0 Å². The lowest BCUT2D eigenvalue weighted by molar-refractivity contribution is -0.385. The standard InChI is InChI=1S/C41H53N3O7/c1-29(2)41(38(47)48)31(4)42-30(3)40(37(45)46,36(41)32-14-11-19-35(28-32)44(49)50)20-12-26-51-27-13-23-43-24-21-39(22-25-43,33-15-7-5-8-16-33)34-17-9-6-10-18-34/h5-11,14-19,28-31,36,42H,12-13,20-27H2,1-4H3,(H,45,46)(H,47,48). The Hall–Kier alpha value is -4.12. The molecule has 0 saturated carbocycles. The molecule has 2 fully saturated rings. The maximum absolute atomic E-state index is 13.5. The van der Waals surface area contributed by atoms with Gasteiger partial charge in [-0.1, -0.05) is 86.6 Å². The lowest BCUT2D eigenvalue weighted by atomic mass is 9.47. The first-order valence-corrected chi connectivity index (χ1v) is 18.3. The molecule has 2 aliphatic rings. The Labute approximate surface area is 301 Å². The summed E-state index contributed by atoms with van der Waals surface area (Å²) in [5.41, 5.74) is -0.242. The Morgan fingerprint density at radius 2 is 1.47 bits per heavy atom. The summed E-state index contributed by atoms with van der Waals surface area (Å²) in [7, 11) is 0. The minimum atomic E-state index is -1.56. The molecule has 0 amide bonds. The lowest BCUT2D eigenvalue weighted by Crippen LogP contribution is -2.71. The molecule has 10 nitrogen and oxygen atoms in total. The maximum atomic E-state index is 13.5. The number of rotatable bonds is 15. The summed E-state index contributed by atoms with van der Waals surface area (Å²) >= 11 is 0. The molecule has 5 unspecified atom stereocenters. The SMILES string of the molecule is CC1NC(C)C(C(=O)O)(C(C)C)C(c2cccc([N+](=O)[O-])c2)C1(CCCOCCCN1CCC(c2ccccc2)(c2ccccc2)CC1)C(=O)O. The number of nitro groups is 1. The van der Waals surface area contributed by atoms with Crippen molar-refractivity contribution in [1.82, 2.24) is 10.2 Å². The van der Waals surface area contributed by atoms with Gasteiger partial charge >= 0.3 is 11.9 Å². The molecule has 5 atom stereocenters. The van der Waals surface area contributed by atoms with Crippen molar-refractivity contribution in [2.45, 2.75) is 83.2 Å². The molecule has 2 heterocycles. The number of aliphatic carboxylic acids is 2. The van der Waals surface area contributed by atoms with Crippen LogP contribution in [0.4, 0.5) is 5.69 Å². The minimum absolute atomic E-state index is 0.00511. The van der Waals surface area contributed by atoms with E-state index in [1.54, 1.807) is 33.8 Å². The molecular formula is C41H53N3O7. The van der Waals surface area contributed by atoms with Crippen LogP contribution in [0.5, 0.6) is 0 Å². The van der Waals surface area contributed by atoms with Crippen LogP contribution in [0.25, 0.3) is 0 Å². The Bertz CT molecular complexity index is 1600. The molecule has 0 spiro atoms. The predicted octanol–water partition coefficient (Wildman–Crippen LogP) is 7.13. The molecule has 2 saturated heterocycles. The quantitative estimate of drug-likeness (QED) is 0.0858. The van der Waals surface area contributed by atoms with Crippen molar-refractivity contribution in [2.75, 3.05) is 32.8 Å². The third-order valence-corrected chi connectivity index (χ3v) is 12.1. The summed E-state index contributed by atoms with van der Waals surface area (Å²) in [6.45, 7) is 10.8. The van der Waals surface area contributed by atoms with Gasteiger partial charge in [0, 0.05) is 55.3 Å². The van der Waals surface area contributed by atoms with Gasteiger partial charge in [-0.3, -0.25) is 19.7 Å². The molecule has 51 heavy (non-hydrogen) atoms. The van der Waals surface area contributed by atoms with E-state index in [4.69, 9.17) is 4.74 Å². The van der Waals surface area contributed by atoms with Crippen LogP contribution in [0, 0.1) is 26.9 Å². The van der Waals surface area contributed by atoms with Crippen LogP contribution >= 0.6 is 0 Å². The molecule has 274 valence electrons. The third-order valence-electron chi connectivity index (χ3n) is 12.1. The van der Waals surface area contributed by atoms with E-state index in [1.165, 1.54) is 29.3 Å². The highest BCUT2D eigenvalue weighted by atomic mass is 16.6. The number of likely N-dealkylation sites (tertiary alicyclic amines) is 1. The first-order chi connectivity index (χ1) is 24.4. The third kappa shape index (κ3) is 7.19. The number of ether oxygens (including phenoxy) is 1. The summed E-state index contributed by atoms with van der Waals surface area (Å²) in [4.78, 5) is 40.5. The average molecular weight is 700 g/mol. The fraction of sp³-hybridized carbons (Fsp3) is 0.512. The van der Waals surface area contributed by atoms with Crippen LogP contribution < -0.4 is 5.32 Å². The summed E-state index contributed by atoms with van der Waals surface area (Å²) in [5, 5.41) is 37.0. The van der Waals surface area contributed by atoms with E-state index in [9.17, 15) is 29.9 Å².